The van der Waals surface area contributed by atoms with Crippen molar-refractivity contribution in [3.05, 3.63) is 36.3 Å². The molecule has 2 heterocycles. The highest BCUT2D eigenvalue weighted by Gasteiger charge is 2.11. The minimum atomic E-state index is -0.261. The van der Waals surface area contributed by atoms with E-state index in [1.54, 1.807) is 18.3 Å². The van der Waals surface area contributed by atoms with E-state index in [1.807, 2.05) is 11.9 Å². The van der Waals surface area contributed by atoms with Gasteiger partial charge in [-0.3, -0.25) is 4.90 Å². The largest absolute Gasteiger partial charge is 0.379 e. The van der Waals surface area contributed by atoms with Gasteiger partial charge in [0.05, 0.1) is 25.1 Å². The Bertz CT molecular complexity index is 661. The molecule has 6 nitrogen and oxygen atoms in total. The molecule has 2 aromatic rings. The van der Waals surface area contributed by atoms with Gasteiger partial charge in [-0.1, -0.05) is 0 Å². The predicted octanol–water partition coefficient (Wildman–Crippen LogP) is 2.23. The third-order valence-electron chi connectivity index (χ3n) is 4.35. The van der Waals surface area contributed by atoms with Crippen LogP contribution in [0.25, 0.3) is 11.3 Å². The van der Waals surface area contributed by atoms with Crippen LogP contribution in [-0.4, -0.2) is 66.5 Å². The summed E-state index contributed by atoms with van der Waals surface area (Å²) in [5.41, 5.74) is 1.53. The van der Waals surface area contributed by atoms with Crippen LogP contribution < -0.4 is 4.90 Å². The minimum Gasteiger partial charge on any atom is -0.379 e. The van der Waals surface area contributed by atoms with Crippen LogP contribution >= 0.6 is 0 Å². The summed E-state index contributed by atoms with van der Waals surface area (Å²) in [6, 6.07) is 6.25. The van der Waals surface area contributed by atoms with Gasteiger partial charge in [-0.15, -0.1) is 5.10 Å². The monoisotopic (exact) mass is 345 g/mol. The Hall–Kier alpha value is -2.12. The average molecular weight is 345 g/mol. The van der Waals surface area contributed by atoms with E-state index < -0.39 is 0 Å². The molecule has 0 spiro atoms. The minimum absolute atomic E-state index is 0.261. The topological polar surface area (TPSA) is 54.4 Å². The number of anilines is 1. The van der Waals surface area contributed by atoms with E-state index in [0.29, 0.717) is 11.6 Å². The van der Waals surface area contributed by atoms with E-state index in [0.717, 1.165) is 57.8 Å². The number of morpholine rings is 1. The fraction of sp³-hybridized carbons (Fsp3) is 0.500. The second-order valence-electron chi connectivity index (χ2n) is 6.23. The van der Waals surface area contributed by atoms with Crippen LogP contribution in [0.2, 0.25) is 0 Å². The number of rotatable bonds is 7. The van der Waals surface area contributed by atoms with E-state index in [2.05, 4.69) is 20.1 Å². The van der Waals surface area contributed by atoms with Gasteiger partial charge in [-0.2, -0.15) is 5.10 Å². The van der Waals surface area contributed by atoms with Gasteiger partial charge in [0.2, 0.25) is 5.95 Å². The average Bonchev–Trinajstić information content (AvgIpc) is 2.66. The van der Waals surface area contributed by atoms with Gasteiger partial charge in [-0.25, -0.2) is 9.37 Å². The Labute approximate surface area is 147 Å². The smallest absolute Gasteiger partial charge is 0.245 e. The fourth-order valence-electron chi connectivity index (χ4n) is 2.82. The second-order valence-corrected chi connectivity index (χ2v) is 6.23. The van der Waals surface area contributed by atoms with Crippen molar-refractivity contribution in [3.63, 3.8) is 0 Å². The first-order valence-electron chi connectivity index (χ1n) is 8.69. The zero-order valence-corrected chi connectivity index (χ0v) is 14.6. The maximum atomic E-state index is 13.1. The summed E-state index contributed by atoms with van der Waals surface area (Å²) in [6.45, 7) is 5.72. The molecule has 7 heteroatoms. The number of hydrogen-bond acceptors (Lipinski definition) is 6. The van der Waals surface area contributed by atoms with Crippen molar-refractivity contribution in [2.24, 2.45) is 0 Å². The number of ether oxygens (including phenoxy) is 1. The second kappa shape index (κ2) is 8.82. The van der Waals surface area contributed by atoms with E-state index in [1.165, 1.54) is 12.1 Å². The standard InChI is InChI=1S/C18H24FN5O/c1-23(8-2-3-9-24-10-12-25-13-11-24)18-21-17(14-20-22-18)15-4-6-16(19)7-5-15/h4-7,14H,2-3,8-13H2,1H3. The molecule has 0 aliphatic carbocycles. The zero-order valence-electron chi connectivity index (χ0n) is 14.6. The van der Waals surface area contributed by atoms with E-state index in [4.69, 9.17) is 4.74 Å². The lowest BCUT2D eigenvalue weighted by molar-refractivity contribution is 0.0372. The lowest BCUT2D eigenvalue weighted by Gasteiger charge is -2.26. The number of aromatic nitrogens is 3. The van der Waals surface area contributed by atoms with Gasteiger partial charge in [-0.05, 0) is 43.7 Å². The van der Waals surface area contributed by atoms with Crippen LogP contribution in [-0.2, 0) is 4.74 Å². The third kappa shape index (κ3) is 5.17. The summed E-state index contributed by atoms with van der Waals surface area (Å²) >= 11 is 0. The summed E-state index contributed by atoms with van der Waals surface area (Å²) in [5, 5.41) is 8.15. The molecule has 0 saturated carbocycles. The highest BCUT2D eigenvalue weighted by atomic mass is 19.1. The van der Waals surface area contributed by atoms with Gasteiger partial charge >= 0.3 is 0 Å². The summed E-state index contributed by atoms with van der Waals surface area (Å²) < 4.78 is 18.4. The molecular weight excluding hydrogens is 321 g/mol. The Balaban J connectivity index is 1.50. The molecule has 25 heavy (non-hydrogen) atoms. The third-order valence-corrected chi connectivity index (χ3v) is 4.35. The van der Waals surface area contributed by atoms with E-state index in [-0.39, 0.29) is 5.82 Å². The van der Waals surface area contributed by atoms with Gasteiger partial charge in [0.15, 0.2) is 0 Å². The molecular formula is C18H24FN5O. The Kier molecular flexibility index (Phi) is 6.25. The number of benzene rings is 1. The molecule has 1 fully saturated rings. The zero-order chi connectivity index (χ0) is 17.5. The summed E-state index contributed by atoms with van der Waals surface area (Å²) in [4.78, 5) is 9.00. The summed E-state index contributed by atoms with van der Waals surface area (Å²) in [7, 11) is 1.97. The molecule has 134 valence electrons. The molecule has 1 saturated heterocycles. The Morgan fingerprint density at radius 1 is 1.16 bits per heavy atom. The molecule has 1 aromatic carbocycles. The molecule has 3 rings (SSSR count). The molecule has 0 bridgehead atoms. The number of nitrogens with zero attached hydrogens (tertiary/aromatic N) is 5. The van der Waals surface area contributed by atoms with Crippen LogP contribution in [0.5, 0.6) is 0 Å². The molecule has 0 atom stereocenters. The number of unbranched alkanes of at least 4 members (excludes halogenated alkanes) is 1. The molecule has 0 unspecified atom stereocenters. The maximum absolute atomic E-state index is 13.1. The molecule has 1 aliphatic heterocycles. The number of hydrogen-bond donors (Lipinski definition) is 0. The molecule has 1 aromatic heterocycles. The first-order chi connectivity index (χ1) is 12.2. The fourth-order valence-corrected chi connectivity index (χ4v) is 2.82. The molecule has 0 radical (unpaired) electrons. The van der Waals surface area contributed by atoms with Crippen LogP contribution in [0, 0.1) is 5.82 Å². The van der Waals surface area contributed by atoms with Crippen molar-refractivity contribution in [2.75, 3.05) is 51.3 Å². The van der Waals surface area contributed by atoms with Crippen molar-refractivity contribution < 1.29 is 9.13 Å². The first-order valence-corrected chi connectivity index (χ1v) is 8.69. The summed E-state index contributed by atoms with van der Waals surface area (Å²) in [5.74, 6) is 0.330. The van der Waals surface area contributed by atoms with Crippen LogP contribution in [0.4, 0.5) is 10.3 Å². The highest BCUT2D eigenvalue weighted by Crippen LogP contribution is 2.18. The van der Waals surface area contributed by atoms with Crippen molar-refractivity contribution in [3.8, 4) is 11.3 Å². The lowest BCUT2D eigenvalue weighted by atomic mass is 10.2. The Morgan fingerprint density at radius 3 is 2.68 bits per heavy atom. The molecule has 0 N–H and O–H groups in total. The number of halogens is 1. The predicted molar refractivity (Wildman–Crippen MR) is 95.0 cm³/mol. The SMILES string of the molecule is CN(CCCCN1CCOCC1)c1nncc(-c2ccc(F)cc2)n1. The quantitative estimate of drug-likeness (QED) is 0.717. The van der Waals surface area contributed by atoms with Crippen LogP contribution in [0.1, 0.15) is 12.8 Å². The van der Waals surface area contributed by atoms with Gasteiger partial charge in [0, 0.05) is 32.2 Å². The summed E-state index contributed by atoms with van der Waals surface area (Å²) in [6.07, 6.45) is 3.80. The normalized spacial score (nSPS) is 15.3. The van der Waals surface area contributed by atoms with Gasteiger partial charge in [0.25, 0.3) is 0 Å². The van der Waals surface area contributed by atoms with Crippen LogP contribution in [0.3, 0.4) is 0 Å². The Morgan fingerprint density at radius 2 is 1.92 bits per heavy atom. The van der Waals surface area contributed by atoms with E-state index >= 15 is 0 Å². The van der Waals surface area contributed by atoms with Gasteiger partial charge in [0.1, 0.15) is 5.82 Å². The lowest BCUT2D eigenvalue weighted by Crippen LogP contribution is -2.37. The van der Waals surface area contributed by atoms with Crippen molar-refractivity contribution in [1.82, 2.24) is 20.1 Å². The van der Waals surface area contributed by atoms with Crippen molar-refractivity contribution >= 4 is 5.95 Å². The first kappa shape index (κ1) is 17.7. The highest BCUT2D eigenvalue weighted by molar-refractivity contribution is 5.58. The van der Waals surface area contributed by atoms with E-state index in [9.17, 15) is 4.39 Å². The van der Waals surface area contributed by atoms with Crippen molar-refractivity contribution in [1.29, 1.82) is 0 Å². The molecule has 0 amide bonds. The van der Waals surface area contributed by atoms with Crippen molar-refractivity contribution in [2.45, 2.75) is 12.8 Å². The maximum Gasteiger partial charge on any atom is 0.245 e. The van der Waals surface area contributed by atoms with Gasteiger partial charge < -0.3 is 9.64 Å². The van der Waals surface area contributed by atoms with Crippen LogP contribution in [0.15, 0.2) is 30.5 Å². The molecule has 1 aliphatic rings.